The summed E-state index contributed by atoms with van der Waals surface area (Å²) in [4.78, 5) is 11.7. The van der Waals surface area contributed by atoms with Crippen LogP contribution >= 0.6 is 0 Å². The van der Waals surface area contributed by atoms with Gasteiger partial charge in [-0.25, -0.2) is 4.79 Å². The number of aryl methyl sites for hydroxylation is 1. The smallest absolute Gasteiger partial charge is 0.336 e. The lowest BCUT2D eigenvalue weighted by molar-refractivity contribution is 0.151. The van der Waals surface area contributed by atoms with E-state index in [1.165, 1.54) is 42.9 Å². The summed E-state index contributed by atoms with van der Waals surface area (Å²) >= 11 is 0. The van der Waals surface area contributed by atoms with E-state index in [9.17, 15) is 4.79 Å². The molecule has 2 aliphatic carbocycles. The van der Waals surface area contributed by atoms with Crippen molar-refractivity contribution in [2.75, 3.05) is 7.11 Å². The molecule has 0 amide bonds. The molecule has 2 saturated carbocycles. The minimum Gasteiger partial charge on any atom is -0.496 e. The first-order valence-corrected chi connectivity index (χ1v) is 10.3. The van der Waals surface area contributed by atoms with E-state index in [1.807, 2.05) is 18.2 Å². The van der Waals surface area contributed by atoms with Crippen LogP contribution in [0, 0.1) is 30.6 Å². The molecule has 0 radical (unpaired) electrons. The highest BCUT2D eigenvalue weighted by atomic mass is 16.5. The minimum absolute atomic E-state index is 0.308. The van der Waals surface area contributed by atoms with Crippen LogP contribution in [0.5, 0.6) is 0 Å². The van der Waals surface area contributed by atoms with Crippen molar-refractivity contribution in [3.63, 3.8) is 0 Å². The maximum absolute atomic E-state index is 11.7. The molecule has 0 spiro atoms. The third-order valence-corrected chi connectivity index (χ3v) is 6.73. The number of fused-ring (bicyclic) bond motifs is 3. The average molecular weight is 367 g/mol. The molecule has 1 aromatic carbocycles. The van der Waals surface area contributed by atoms with Crippen LogP contribution in [0.1, 0.15) is 57.1 Å². The van der Waals surface area contributed by atoms with Crippen molar-refractivity contribution in [1.29, 1.82) is 0 Å². The van der Waals surface area contributed by atoms with E-state index >= 15 is 0 Å². The van der Waals surface area contributed by atoms with Crippen LogP contribution in [0.3, 0.4) is 0 Å². The highest BCUT2D eigenvalue weighted by Crippen LogP contribution is 2.51. The molecule has 0 saturated heterocycles. The number of rotatable bonds is 3. The molecular weight excluding hydrogens is 336 g/mol. The lowest BCUT2D eigenvalue weighted by Crippen LogP contribution is -2.33. The van der Waals surface area contributed by atoms with Gasteiger partial charge in [0.05, 0.1) is 7.11 Å². The molecule has 4 rings (SSSR count). The summed E-state index contributed by atoms with van der Waals surface area (Å²) in [6, 6.07) is 7.33. The van der Waals surface area contributed by atoms with Gasteiger partial charge in [-0.1, -0.05) is 19.9 Å². The van der Waals surface area contributed by atoms with Gasteiger partial charge in [-0.2, -0.15) is 0 Å². The van der Waals surface area contributed by atoms with Crippen molar-refractivity contribution in [1.82, 2.24) is 0 Å². The molecule has 2 fully saturated rings. The second-order valence-electron chi connectivity index (χ2n) is 8.63. The van der Waals surface area contributed by atoms with Crippen LogP contribution < -0.4 is 5.63 Å². The zero-order chi connectivity index (χ0) is 19.1. The Morgan fingerprint density at radius 1 is 1.15 bits per heavy atom. The van der Waals surface area contributed by atoms with Crippen LogP contribution in [-0.2, 0) is 4.74 Å². The van der Waals surface area contributed by atoms with E-state index in [2.05, 4.69) is 20.8 Å². The summed E-state index contributed by atoms with van der Waals surface area (Å²) in [5, 5.41) is 0.972. The molecule has 2 aromatic rings. The Morgan fingerprint density at radius 2 is 1.96 bits per heavy atom. The van der Waals surface area contributed by atoms with E-state index in [0.29, 0.717) is 17.4 Å². The summed E-state index contributed by atoms with van der Waals surface area (Å²) < 4.78 is 11.6. The lowest BCUT2D eigenvalue weighted by Gasteiger charge is -2.44. The Morgan fingerprint density at radius 3 is 2.70 bits per heavy atom. The number of hydrogen-bond acceptors (Lipinski definition) is 3. The molecule has 3 heteroatoms. The number of benzene rings is 1. The monoisotopic (exact) mass is 366 g/mol. The molecule has 1 heterocycles. The molecule has 4 unspecified atom stereocenters. The first-order valence-electron chi connectivity index (χ1n) is 10.3. The Balaban J connectivity index is 1.96. The first kappa shape index (κ1) is 18.3. The predicted octanol–water partition coefficient (Wildman–Crippen LogP) is 5.94. The topological polar surface area (TPSA) is 39.4 Å². The Labute approximate surface area is 161 Å². The molecule has 0 N–H and O–H groups in total. The Bertz CT molecular complexity index is 934. The molecule has 0 aliphatic heterocycles. The van der Waals surface area contributed by atoms with Gasteiger partial charge in [0.15, 0.2) is 0 Å². The van der Waals surface area contributed by atoms with Gasteiger partial charge >= 0.3 is 5.63 Å². The fraction of sp³-hybridized carbons (Fsp3) is 0.542. The highest BCUT2D eigenvalue weighted by molar-refractivity contribution is 5.91. The van der Waals surface area contributed by atoms with Crippen molar-refractivity contribution in [3.05, 3.63) is 51.4 Å². The summed E-state index contributed by atoms with van der Waals surface area (Å²) in [7, 11) is 1.80. The Kier molecular flexibility index (Phi) is 4.88. The SMILES string of the molecule is CCC1CC2CC(C)CC(C2)/C1=C(\OC)c1c(C)ccc2oc(=O)ccc12. The largest absolute Gasteiger partial charge is 0.496 e. The minimum atomic E-state index is -0.308. The number of hydrogen-bond donors (Lipinski definition) is 0. The zero-order valence-electron chi connectivity index (χ0n) is 16.9. The molecule has 2 bridgehead atoms. The summed E-state index contributed by atoms with van der Waals surface area (Å²) in [5.74, 6) is 3.86. The molecule has 27 heavy (non-hydrogen) atoms. The molecule has 144 valence electrons. The second kappa shape index (κ2) is 7.18. The van der Waals surface area contributed by atoms with Crippen LogP contribution in [0.25, 0.3) is 16.7 Å². The third kappa shape index (κ3) is 3.22. The van der Waals surface area contributed by atoms with Gasteiger partial charge in [0, 0.05) is 17.0 Å². The fourth-order valence-corrected chi connectivity index (χ4v) is 5.74. The van der Waals surface area contributed by atoms with Crippen molar-refractivity contribution < 1.29 is 9.15 Å². The Hall–Kier alpha value is -2.03. The van der Waals surface area contributed by atoms with E-state index in [-0.39, 0.29) is 5.63 Å². The average Bonchev–Trinajstić information content (AvgIpc) is 2.64. The van der Waals surface area contributed by atoms with Crippen LogP contribution in [-0.4, -0.2) is 7.11 Å². The van der Waals surface area contributed by atoms with Gasteiger partial charge < -0.3 is 9.15 Å². The van der Waals surface area contributed by atoms with E-state index in [0.717, 1.165) is 35.0 Å². The molecule has 2 aliphatic rings. The van der Waals surface area contributed by atoms with Gasteiger partial charge in [0.1, 0.15) is 11.3 Å². The van der Waals surface area contributed by atoms with Crippen molar-refractivity contribution in [2.24, 2.45) is 23.7 Å². The quantitative estimate of drug-likeness (QED) is 0.498. The first-order chi connectivity index (χ1) is 13.0. The van der Waals surface area contributed by atoms with Gasteiger partial charge in [-0.15, -0.1) is 0 Å². The van der Waals surface area contributed by atoms with Gasteiger partial charge in [0.2, 0.25) is 0 Å². The van der Waals surface area contributed by atoms with E-state index in [4.69, 9.17) is 9.15 Å². The number of methoxy groups -OCH3 is 1. The van der Waals surface area contributed by atoms with Gasteiger partial charge in [0.25, 0.3) is 0 Å². The standard InChI is InChI=1S/C24H30O3/c1-5-17-12-16-10-14(2)11-18(13-16)23(17)24(26-4)22-15(3)6-8-20-19(22)7-9-21(25)27-20/h6-9,14,16-18H,5,10-13H2,1-4H3/b24-23-. The van der Waals surface area contributed by atoms with Gasteiger partial charge in [-0.05, 0) is 86.0 Å². The number of allylic oxidation sites excluding steroid dienone is 1. The summed E-state index contributed by atoms with van der Waals surface area (Å²) in [6.07, 6.45) is 6.36. The third-order valence-electron chi connectivity index (χ3n) is 6.73. The molecule has 1 aromatic heterocycles. The lowest BCUT2D eigenvalue weighted by atomic mass is 9.61. The highest BCUT2D eigenvalue weighted by Gasteiger charge is 2.39. The molecule has 3 nitrogen and oxygen atoms in total. The summed E-state index contributed by atoms with van der Waals surface area (Å²) in [5.41, 5.74) is 4.10. The predicted molar refractivity (Wildman–Crippen MR) is 110 cm³/mol. The van der Waals surface area contributed by atoms with Crippen LogP contribution in [0.4, 0.5) is 0 Å². The summed E-state index contributed by atoms with van der Waals surface area (Å²) in [6.45, 7) is 6.82. The van der Waals surface area contributed by atoms with Crippen molar-refractivity contribution in [2.45, 2.75) is 52.9 Å². The van der Waals surface area contributed by atoms with Crippen LogP contribution in [0.2, 0.25) is 0 Å². The normalized spacial score (nSPS) is 29.6. The molecular formula is C24H30O3. The van der Waals surface area contributed by atoms with Crippen molar-refractivity contribution in [3.8, 4) is 0 Å². The van der Waals surface area contributed by atoms with Gasteiger partial charge in [-0.3, -0.25) is 0 Å². The molecule has 4 atom stereocenters. The van der Waals surface area contributed by atoms with E-state index in [1.54, 1.807) is 7.11 Å². The second-order valence-corrected chi connectivity index (χ2v) is 8.63. The van der Waals surface area contributed by atoms with Crippen molar-refractivity contribution >= 4 is 16.7 Å². The fourth-order valence-electron chi connectivity index (χ4n) is 5.74. The maximum Gasteiger partial charge on any atom is 0.336 e. The zero-order valence-corrected chi connectivity index (χ0v) is 16.9. The van der Waals surface area contributed by atoms with E-state index < -0.39 is 0 Å². The van der Waals surface area contributed by atoms with Crippen LogP contribution in [0.15, 0.2) is 39.1 Å². The maximum atomic E-state index is 11.7. The number of ether oxygens (including phenoxy) is 1.